The van der Waals surface area contributed by atoms with Crippen LogP contribution >= 0.6 is 11.8 Å². The van der Waals surface area contributed by atoms with Crippen LogP contribution in [0, 0.1) is 13.8 Å². The predicted octanol–water partition coefficient (Wildman–Crippen LogP) is 4.58. The maximum absolute atomic E-state index is 4.29. The van der Waals surface area contributed by atoms with Gasteiger partial charge in [-0.15, -0.1) is 10.2 Å². The molecule has 120 valence electrons. The fourth-order valence-corrected chi connectivity index (χ4v) is 3.70. The predicted molar refractivity (Wildman–Crippen MR) is 94.6 cm³/mol. The van der Waals surface area contributed by atoms with E-state index in [1.807, 2.05) is 7.05 Å². The zero-order valence-corrected chi connectivity index (χ0v) is 15.6. The van der Waals surface area contributed by atoms with E-state index in [4.69, 9.17) is 0 Å². The molecule has 0 bridgehead atoms. The van der Waals surface area contributed by atoms with E-state index in [-0.39, 0.29) is 5.41 Å². The highest BCUT2D eigenvalue weighted by molar-refractivity contribution is 7.98. The zero-order chi connectivity index (χ0) is 16.5. The Morgan fingerprint density at radius 1 is 1.09 bits per heavy atom. The third kappa shape index (κ3) is 3.54. The van der Waals surface area contributed by atoms with E-state index in [9.17, 15) is 0 Å². The van der Waals surface area contributed by atoms with Gasteiger partial charge in [-0.3, -0.25) is 0 Å². The second kappa shape index (κ2) is 6.45. The van der Waals surface area contributed by atoms with Crippen LogP contribution in [-0.2, 0) is 24.6 Å². The van der Waals surface area contributed by atoms with Gasteiger partial charge in [0.2, 0.25) is 0 Å². The van der Waals surface area contributed by atoms with E-state index >= 15 is 0 Å². The normalized spacial score (nSPS) is 12.0. The van der Waals surface area contributed by atoms with Crippen molar-refractivity contribution < 1.29 is 0 Å². The Bertz CT molecular complexity index is 642. The molecule has 1 aromatic carbocycles. The smallest absolute Gasteiger partial charge is 0.191 e. The van der Waals surface area contributed by atoms with E-state index < -0.39 is 0 Å². The molecule has 0 aliphatic rings. The molecule has 2 rings (SSSR count). The standard InChI is InChI=1S/C18H27N3S/c1-8-16-19-20-17(21(16)7)22-11-15-12(2)9-14(10-13(15)3)18(4,5)6/h9-10H,8,11H2,1-7H3. The van der Waals surface area contributed by atoms with Gasteiger partial charge >= 0.3 is 0 Å². The first-order valence-corrected chi connectivity index (χ1v) is 8.84. The maximum Gasteiger partial charge on any atom is 0.191 e. The van der Waals surface area contributed by atoms with E-state index in [1.54, 1.807) is 11.8 Å². The van der Waals surface area contributed by atoms with Gasteiger partial charge in [-0.25, -0.2) is 0 Å². The Kier molecular flexibility index (Phi) is 5.00. The second-order valence-electron chi connectivity index (χ2n) is 6.94. The Hall–Kier alpha value is -1.29. The number of nitrogens with zero attached hydrogens (tertiary/aromatic N) is 3. The molecule has 0 saturated carbocycles. The summed E-state index contributed by atoms with van der Waals surface area (Å²) in [6.07, 6.45) is 0.919. The molecule has 1 aromatic heterocycles. The molecule has 0 atom stereocenters. The molecule has 0 aliphatic carbocycles. The molecule has 22 heavy (non-hydrogen) atoms. The van der Waals surface area contributed by atoms with Crippen molar-refractivity contribution >= 4 is 11.8 Å². The third-order valence-electron chi connectivity index (χ3n) is 4.15. The van der Waals surface area contributed by atoms with Crippen LogP contribution in [0.1, 0.15) is 55.8 Å². The van der Waals surface area contributed by atoms with Crippen molar-refractivity contribution in [3.05, 3.63) is 40.2 Å². The van der Waals surface area contributed by atoms with Gasteiger partial charge in [-0.1, -0.05) is 51.6 Å². The molecule has 2 aromatic rings. The minimum atomic E-state index is 0.195. The Morgan fingerprint density at radius 2 is 1.68 bits per heavy atom. The summed E-state index contributed by atoms with van der Waals surface area (Å²) < 4.78 is 2.10. The van der Waals surface area contributed by atoms with Gasteiger partial charge in [-0.05, 0) is 41.5 Å². The molecule has 3 nitrogen and oxygen atoms in total. The summed E-state index contributed by atoms with van der Waals surface area (Å²) in [5.74, 6) is 1.98. The van der Waals surface area contributed by atoms with E-state index in [1.165, 1.54) is 22.3 Å². The van der Waals surface area contributed by atoms with E-state index in [0.29, 0.717) is 0 Å². The van der Waals surface area contributed by atoms with Gasteiger partial charge in [0.15, 0.2) is 5.16 Å². The monoisotopic (exact) mass is 317 g/mol. The number of thioether (sulfide) groups is 1. The van der Waals surface area contributed by atoms with Gasteiger partial charge in [0, 0.05) is 19.2 Å². The third-order valence-corrected chi connectivity index (χ3v) is 5.20. The molecule has 0 N–H and O–H groups in total. The minimum Gasteiger partial charge on any atom is -0.309 e. The van der Waals surface area contributed by atoms with Gasteiger partial charge in [0.1, 0.15) is 5.82 Å². The lowest BCUT2D eigenvalue weighted by Gasteiger charge is -2.22. The number of hydrogen-bond donors (Lipinski definition) is 0. The SMILES string of the molecule is CCc1nnc(SCc2c(C)cc(C(C)(C)C)cc2C)n1C. The van der Waals surface area contributed by atoms with Crippen LogP contribution in [0.3, 0.4) is 0 Å². The number of rotatable bonds is 4. The summed E-state index contributed by atoms with van der Waals surface area (Å²) in [7, 11) is 2.05. The lowest BCUT2D eigenvalue weighted by atomic mass is 9.84. The van der Waals surface area contributed by atoms with Crippen molar-refractivity contribution in [2.75, 3.05) is 0 Å². The molecule has 0 fully saturated rings. The van der Waals surface area contributed by atoms with Crippen LogP contribution < -0.4 is 0 Å². The largest absolute Gasteiger partial charge is 0.309 e. The zero-order valence-electron chi connectivity index (χ0n) is 14.8. The fourth-order valence-electron chi connectivity index (χ4n) is 2.57. The summed E-state index contributed by atoms with van der Waals surface area (Å²) in [5, 5.41) is 9.52. The first-order valence-electron chi connectivity index (χ1n) is 7.85. The Morgan fingerprint density at radius 3 is 2.14 bits per heavy atom. The first-order chi connectivity index (χ1) is 10.2. The number of aryl methyl sites for hydroxylation is 3. The average molecular weight is 318 g/mol. The second-order valence-corrected chi connectivity index (χ2v) is 7.88. The van der Waals surface area contributed by atoms with Crippen LogP contribution in [-0.4, -0.2) is 14.8 Å². The highest BCUT2D eigenvalue weighted by Crippen LogP contribution is 2.30. The van der Waals surface area contributed by atoms with Crippen LogP contribution in [0.4, 0.5) is 0 Å². The fraction of sp³-hybridized carbons (Fsp3) is 0.556. The van der Waals surface area contributed by atoms with Crippen molar-refractivity contribution in [1.29, 1.82) is 0 Å². The lowest BCUT2D eigenvalue weighted by molar-refractivity contribution is 0.589. The highest BCUT2D eigenvalue weighted by atomic mass is 32.2. The molecule has 4 heteroatoms. The van der Waals surface area contributed by atoms with Gasteiger partial charge < -0.3 is 4.57 Å². The topological polar surface area (TPSA) is 30.7 Å². The molecular weight excluding hydrogens is 290 g/mol. The summed E-state index contributed by atoms with van der Waals surface area (Å²) >= 11 is 1.77. The molecule has 0 unspecified atom stereocenters. The summed E-state index contributed by atoms with van der Waals surface area (Å²) in [4.78, 5) is 0. The molecule has 0 spiro atoms. The van der Waals surface area contributed by atoms with Gasteiger partial charge in [0.25, 0.3) is 0 Å². The summed E-state index contributed by atoms with van der Waals surface area (Å²) in [6, 6.07) is 4.66. The molecule has 1 heterocycles. The van der Waals surface area contributed by atoms with Crippen molar-refractivity contribution in [1.82, 2.24) is 14.8 Å². The Labute approximate surface area is 138 Å². The van der Waals surface area contributed by atoms with E-state index in [0.717, 1.165) is 23.2 Å². The average Bonchev–Trinajstić information content (AvgIpc) is 2.77. The molecule has 0 saturated heterocycles. The first kappa shape index (κ1) is 17.1. The van der Waals surface area contributed by atoms with Crippen molar-refractivity contribution in [3.63, 3.8) is 0 Å². The van der Waals surface area contributed by atoms with Crippen molar-refractivity contribution in [3.8, 4) is 0 Å². The molecular formula is C18H27N3S. The van der Waals surface area contributed by atoms with Gasteiger partial charge in [0.05, 0.1) is 0 Å². The number of hydrogen-bond acceptors (Lipinski definition) is 3. The van der Waals surface area contributed by atoms with Crippen LogP contribution in [0.5, 0.6) is 0 Å². The highest BCUT2D eigenvalue weighted by Gasteiger charge is 2.17. The lowest BCUT2D eigenvalue weighted by Crippen LogP contribution is -2.12. The molecule has 0 radical (unpaired) electrons. The Balaban J connectivity index is 2.21. The van der Waals surface area contributed by atoms with Gasteiger partial charge in [-0.2, -0.15) is 0 Å². The quantitative estimate of drug-likeness (QED) is 0.773. The molecule has 0 aliphatic heterocycles. The van der Waals surface area contributed by atoms with E-state index in [2.05, 4.69) is 68.4 Å². The van der Waals surface area contributed by atoms with Crippen LogP contribution in [0.2, 0.25) is 0 Å². The minimum absolute atomic E-state index is 0.195. The summed E-state index contributed by atoms with van der Waals surface area (Å²) in [6.45, 7) is 13.3. The number of aromatic nitrogens is 3. The van der Waals surface area contributed by atoms with Crippen LogP contribution in [0.15, 0.2) is 17.3 Å². The van der Waals surface area contributed by atoms with Crippen LogP contribution in [0.25, 0.3) is 0 Å². The van der Waals surface area contributed by atoms with Crippen molar-refractivity contribution in [2.45, 2.75) is 64.3 Å². The molecule has 0 amide bonds. The summed E-state index contributed by atoms with van der Waals surface area (Å²) in [5.41, 5.74) is 5.76. The maximum atomic E-state index is 4.29. The number of benzene rings is 1. The van der Waals surface area contributed by atoms with Crippen molar-refractivity contribution in [2.24, 2.45) is 7.05 Å².